The first-order valence-electron chi connectivity index (χ1n) is 7.19. The van der Waals surface area contributed by atoms with Crippen molar-refractivity contribution in [2.45, 2.75) is 52.0 Å². The number of amides is 1. The Morgan fingerprint density at radius 3 is 2.89 bits per heavy atom. The van der Waals surface area contributed by atoms with Gasteiger partial charge in [0.15, 0.2) is 0 Å². The fraction of sp³-hybridized carbons (Fsp3) is 0.562. The molecule has 0 bridgehead atoms. The quantitative estimate of drug-likeness (QED) is 0.821. The maximum atomic E-state index is 12.1. The Balaban J connectivity index is 1.90. The minimum Gasteiger partial charge on any atom is -0.398 e. The lowest BCUT2D eigenvalue weighted by Gasteiger charge is -2.27. The van der Waals surface area contributed by atoms with Crippen LogP contribution in [0.3, 0.4) is 0 Å². The van der Waals surface area contributed by atoms with Gasteiger partial charge in [0.25, 0.3) is 0 Å². The number of nitrogens with two attached hydrogens (primary N) is 1. The van der Waals surface area contributed by atoms with Crippen molar-refractivity contribution >= 4 is 11.6 Å². The Morgan fingerprint density at radius 2 is 2.21 bits per heavy atom. The first-order chi connectivity index (χ1) is 9.04. The van der Waals surface area contributed by atoms with Crippen molar-refractivity contribution in [1.29, 1.82) is 0 Å². The van der Waals surface area contributed by atoms with Crippen LogP contribution in [0.1, 0.15) is 43.7 Å². The third-order valence-corrected chi connectivity index (χ3v) is 3.95. The molecule has 0 radical (unpaired) electrons. The number of carbonyl (C=O) groups is 1. The van der Waals surface area contributed by atoms with E-state index in [-0.39, 0.29) is 5.91 Å². The molecular formula is C16H24N2O. The van der Waals surface area contributed by atoms with Gasteiger partial charge in [-0.2, -0.15) is 0 Å². The van der Waals surface area contributed by atoms with E-state index in [4.69, 9.17) is 5.73 Å². The maximum absolute atomic E-state index is 12.1. The largest absolute Gasteiger partial charge is 0.398 e. The van der Waals surface area contributed by atoms with Gasteiger partial charge < -0.3 is 11.1 Å². The number of nitrogen functional groups attached to an aromatic ring is 1. The summed E-state index contributed by atoms with van der Waals surface area (Å²) in [6.45, 7) is 4.26. The summed E-state index contributed by atoms with van der Waals surface area (Å²) in [5.74, 6) is 0.818. The van der Waals surface area contributed by atoms with Crippen LogP contribution < -0.4 is 11.1 Å². The Morgan fingerprint density at radius 1 is 1.42 bits per heavy atom. The highest BCUT2D eigenvalue weighted by atomic mass is 16.1. The van der Waals surface area contributed by atoms with Crippen LogP contribution in [-0.2, 0) is 11.2 Å². The van der Waals surface area contributed by atoms with E-state index in [0.29, 0.717) is 18.2 Å². The third kappa shape index (κ3) is 3.98. The van der Waals surface area contributed by atoms with Crippen molar-refractivity contribution in [3.63, 3.8) is 0 Å². The Bertz CT molecular complexity index is 456. The minimum atomic E-state index is 0.0923. The van der Waals surface area contributed by atoms with Crippen LogP contribution in [0.25, 0.3) is 0 Å². The van der Waals surface area contributed by atoms with Crippen molar-refractivity contribution in [3.05, 3.63) is 29.3 Å². The van der Waals surface area contributed by atoms with Crippen molar-refractivity contribution < 1.29 is 4.79 Å². The molecule has 3 N–H and O–H groups in total. The van der Waals surface area contributed by atoms with Gasteiger partial charge in [0.05, 0.1) is 6.42 Å². The molecule has 19 heavy (non-hydrogen) atoms. The van der Waals surface area contributed by atoms with Gasteiger partial charge in [-0.1, -0.05) is 31.9 Å². The Kier molecular flexibility index (Phi) is 4.46. The maximum Gasteiger partial charge on any atom is 0.224 e. The van der Waals surface area contributed by atoms with Gasteiger partial charge in [-0.05, 0) is 42.9 Å². The van der Waals surface area contributed by atoms with Gasteiger partial charge in [0, 0.05) is 11.7 Å². The van der Waals surface area contributed by atoms with Crippen LogP contribution in [0.4, 0.5) is 5.69 Å². The van der Waals surface area contributed by atoms with E-state index in [0.717, 1.165) is 29.9 Å². The van der Waals surface area contributed by atoms with E-state index in [9.17, 15) is 4.79 Å². The van der Waals surface area contributed by atoms with Crippen LogP contribution in [0.2, 0.25) is 0 Å². The SMILES string of the molecule is Cc1ccc(CC(=O)NC2CCCC(C)C2)c(N)c1. The summed E-state index contributed by atoms with van der Waals surface area (Å²) in [5, 5.41) is 3.15. The highest BCUT2D eigenvalue weighted by Crippen LogP contribution is 2.23. The molecule has 2 rings (SSSR count). The molecule has 104 valence electrons. The molecule has 3 heteroatoms. The van der Waals surface area contributed by atoms with Crippen LogP contribution in [0.5, 0.6) is 0 Å². The Hall–Kier alpha value is -1.51. The summed E-state index contributed by atoms with van der Waals surface area (Å²) in [5.41, 5.74) is 8.71. The summed E-state index contributed by atoms with van der Waals surface area (Å²) in [6.07, 6.45) is 5.11. The summed E-state index contributed by atoms with van der Waals surface area (Å²) in [4.78, 5) is 12.1. The molecule has 1 aliphatic carbocycles. The lowest BCUT2D eigenvalue weighted by atomic mass is 9.87. The second-order valence-corrected chi connectivity index (χ2v) is 5.92. The highest BCUT2D eigenvalue weighted by Gasteiger charge is 2.20. The molecule has 0 aliphatic heterocycles. The first-order valence-corrected chi connectivity index (χ1v) is 7.19. The zero-order valence-electron chi connectivity index (χ0n) is 11.9. The van der Waals surface area contributed by atoms with E-state index in [1.54, 1.807) is 0 Å². The van der Waals surface area contributed by atoms with Crippen LogP contribution in [0.15, 0.2) is 18.2 Å². The van der Waals surface area contributed by atoms with Gasteiger partial charge in [-0.25, -0.2) is 0 Å². The second-order valence-electron chi connectivity index (χ2n) is 5.92. The van der Waals surface area contributed by atoms with Gasteiger partial charge in [-0.15, -0.1) is 0 Å². The van der Waals surface area contributed by atoms with Crippen molar-refractivity contribution in [2.24, 2.45) is 5.92 Å². The number of anilines is 1. The van der Waals surface area contributed by atoms with Crippen LogP contribution >= 0.6 is 0 Å². The molecule has 1 saturated carbocycles. The highest BCUT2D eigenvalue weighted by molar-refractivity contribution is 5.80. The average Bonchev–Trinajstić information content (AvgIpc) is 2.33. The van der Waals surface area contributed by atoms with Crippen molar-refractivity contribution in [1.82, 2.24) is 5.32 Å². The van der Waals surface area contributed by atoms with E-state index in [1.807, 2.05) is 25.1 Å². The van der Waals surface area contributed by atoms with Crippen molar-refractivity contribution in [3.8, 4) is 0 Å². The smallest absolute Gasteiger partial charge is 0.224 e. The fourth-order valence-corrected chi connectivity index (χ4v) is 2.89. The molecular weight excluding hydrogens is 236 g/mol. The van der Waals surface area contributed by atoms with E-state index in [2.05, 4.69) is 12.2 Å². The molecule has 1 aromatic carbocycles. The number of nitrogens with one attached hydrogen (secondary N) is 1. The number of hydrogen-bond acceptors (Lipinski definition) is 2. The zero-order chi connectivity index (χ0) is 13.8. The summed E-state index contributed by atoms with van der Waals surface area (Å²) < 4.78 is 0. The molecule has 0 spiro atoms. The van der Waals surface area contributed by atoms with Gasteiger partial charge in [0.1, 0.15) is 0 Å². The molecule has 0 heterocycles. The second kappa shape index (κ2) is 6.09. The van der Waals surface area contributed by atoms with E-state index < -0.39 is 0 Å². The van der Waals surface area contributed by atoms with Crippen LogP contribution in [-0.4, -0.2) is 11.9 Å². The number of carbonyl (C=O) groups excluding carboxylic acids is 1. The van der Waals surface area contributed by atoms with Crippen molar-refractivity contribution in [2.75, 3.05) is 5.73 Å². The first kappa shape index (κ1) is 13.9. The summed E-state index contributed by atoms with van der Waals surface area (Å²) in [6, 6.07) is 6.23. The number of hydrogen-bond donors (Lipinski definition) is 2. The molecule has 2 atom stereocenters. The zero-order valence-corrected chi connectivity index (χ0v) is 11.9. The Labute approximate surface area is 115 Å². The predicted molar refractivity (Wildman–Crippen MR) is 78.9 cm³/mol. The number of benzene rings is 1. The standard InChI is InChI=1S/C16H24N2O/c1-11-4-3-5-14(8-11)18-16(19)10-13-7-6-12(2)9-15(13)17/h6-7,9,11,14H,3-5,8,10,17H2,1-2H3,(H,18,19). The molecule has 0 saturated heterocycles. The number of aryl methyl sites for hydroxylation is 1. The molecule has 1 fully saturated rings. The molecule has 1 aliphatic rings. The van der Waals surface area contributed by atoms with E-state index >= 15 is 0 Å². The fourth-order valence-electron chi connectivity index (χ4n) is 2.89. The molecule has 1 amide bonds. The normalized spacial score (nSPS) is 23.1. The molecule has 0 aromatic heterocycles. The lowest BCUT2D eigenvalue weighted by Crippen LogP contribution is -2.38. The topological polar surface area (TPSA) is 55.1 Å². The minimum absolute atomic E-state index is 0.0923. The summed E-state index contributed by atoms with van der Waals surface area (Å²) >= 11 is 0. The lowest BCUT2D eigenvalue weighted by molar-refractivity contribution is -0.121. The summed E-state index contributed by atoms with van der Waals surface area (Å²) in [7, 11) is 0. The van der Waals surface area contributed by atoms with E-state index in [1.165, 1.54) is 12.8 Å². The molecule has 3 nitrogen and oxygen atoms in total. The average molecular weight is 260 g/mol. The van der Waals surface area contributed by atoms with Crippen LogP contribution in [0, 0.1) is 12.8 Å². The number of rotatable bonds is 3. The third-order valence-electron chi connectivity index (χ3n) is 3.95. The van der Waals surface area contributed by atoms with Gasteiger partial charge in [-0.3, -0.25) is 4.79 Å². The van der Waals surface area contributed by atoms with Gasteiger partial charge in [0.2, 0.25) is 5.91 Å². The molecule has 2 unspecified atom stereocenters. The molecule has 1 aromatic rings. The predicted octanol–water partition coefficient (Wildman–Crippen LogP) is 2.81. The monoisotopic (exact) mass is 260 g/mol. The van der Waals surface area contributed by atoms with Gasteiger partial charge >= 0.3 is 0 Å².